The third kappa shape index (κ3) is 3.74. The molecular weight excluding hydrogens is 304 g/mol. The molecule has 2 unspecified atom stereocenters. The van der Waals surface area contributed by atoms with Crippen molar-refractivity contribution < 1.29 is 4.79 Å². The fraction of sp³-hybridized carbons (Fsp3) is 0.562. The number of amides is 1. The van der Waals surface area contributed by atoms with Crippen LogP contribution in [0.15, 0.2) is 24.3 Å². The zero-order chi connectivity index (χ0) is 14.9. The first-order chi connectivity index (χ1) is 10.1. The normalized spacial score (nSPS) is 28.7. The highest BCUT2D eigenvalue weighted by Gasteiger charge is 2.46. The lowest BCUT2D eigenvalue weighted by Crippen LogP contribution is -2.54. The molecule has 2 fully saturated rings. The molecule has 3 rings (SSSR count). The Morgan fingerprint density at radius 3 is 2.67 bits per heavy atom. The van der Waals surface area contributed by atoms with Gasteiger partial charge in [0.05, 0.1) is 5.54 Å². The van der Waals surface area contributed by atoms with Crippen molar-refractivity contribution in [2.24, 2.45) is 5.73 Å². The molecule has 0 spiro atoms. The molecule has 3 nitrogen and oxygen atoms in total. The predicted octanol–water partition coefficient (Wildman–Crippen LogP) is 3.10. The van der Waals surface area contributed by atoms with Crippen LogP contribution in [0.1, 0.15) is 37.7 Å². The second-order valence-corrected chi connectivity index (χ2v) is 7.89. The number of primary amides is 1. The third-order valence-corrected chi connectivity index (χ3v) is 6.02. The van der Waals surface area contributed by atoms with Crippen molar-refractivity contribution >= 4 is 29.3 Å². The highest BCUT2D eigenvalue weighted by Crippen LogP contribution is 2.40. The zero-order valence-electron chi connectivity index (χ0n) is 12.0. The summed E-state index contributed by atoms with van der Waals surface area (Å²) in [5.41, 5.74) is 6.48. The van der Waals surface area contributed by atoms with Gasteiger partial charge in [0.15, 0.2) is 0 Å². The predicted molar refractivity (Wildman–Crippen MR) is 88.5 cm³/mol. The summed E-state index contributed by atoms with van der Waals surface area (Å²) in [7, 11) is 0. The van der Waals surface area contributed by atoms with Crippen molar-refractivity contribution in [3.05, 3.63) is 34.9 Å². The Morgan fingerprint density at radius 2 is 2.05 bits per heavy atom. The molecule has 0 aromatic heterocycles. The highest BCUT2D eigenvalue weighted by molar-refractivity contribution is 7.99. The Morgan fingerprint density at radius 1 is 1.33 bits per heavy atom. The molecule has 2 atom stereocenters. The van der Waals surface area contributed by atoms with Gasteiger partial charge in [-0.1, -0.05) is 23.7 Å². The molecule has 21 heavy (non-hydrogen) atoms. The first-order valence-corrected chi connectivity index (χ1v) is 8.94. The van der Waals surface area contributed by atoms with Gasteiger partial charge < -0.3 is 11.1 Å². The number of rotatable bonds is 6. The van der Waals surface area contributed by atoms with Crippen LogP contribution in [0.4, 0.5) is 0 Å². The SMILES string of the molecule is NC(=O)C1(NC2CC2)CCC(SCc2ccc(Cl)cc2)C1. The first-order valence-electron chi connectivity index (χ1n) is 7.51. The van der Waals surface area contributed by atoms with Crippen molar-refractivity contribution in [3.8, 4) is 0 Å². The fourth-order valence-electron chi connectivity index (χ4n) is 2.98. The first kappa shape index (κ1) is 15.2. The molecule has 2 saturated carbocycles. The average molecular weight is 325 g/mol. The molecule has 0 heterocycles. The van der Waals surface area contributed by atoms with Crippen LogP contribution in [0.3, 0.4) is 0 Å². The van der Waals surface area contributed by atoms with E-state index in [4.69, 9.17) is 17.3 Å². The molecule has 0 radical (unpaired) electrons. The van der Waals surface area contributed by atoms with Crippen LogP contribution in [0.2, 0.25) is 5.02 Å². The Balaban J connectivity index is 1.55. The van der Waals surface area contributed by atoms with Crippen LogP contribution in [0.5, 0.6) is 0 Å². The maximum Gasteiger partial charge on any atom is 0.237 e. The van der Waals surface area contributed by atoms with Gasteiger partial charge in [0, 0.05) is 22.1 Å². The van der Waals surface area contributed by atoms with Crippen LogP contribution in [0.25, 0.3) is 0 Å². The van der Waals surface area contributed by atoms with Crippen molar-refractivity contribution in [2.45, 2.75) is 54.7 Å². The highest BCUT2D eigenvalue weighted by atomic mass is 35.5. The van der Waals surface area contributed by atoms with Crippen LogP contribution in [-0.4, -0.2) is 22.7 Å². The largest absolute Gasteiger partial charge is 0.368 e. The number of nitrogens with one attached hydrogen (secondary N) is 1. The summed E-state index contributed by atoms with van der Waals surface area (Å²) in [6.45, 7) is 0. The molecule has 2 aliphatic rings. The minimum absolute atomic E-state index is 0.177. The maximum absolute atomic E-state index is 11.9. The van der Waals surface area contributed by atoms with Crippen molar-refractivity contribution in [3.63, 3.8) is 0 Å². The minimum Gasteiger partial charge on any atom is -0.368 e. The molecule has 3 N–H and O–H groups in total. The van der Waals surface area contributed by atoms with Crippen molar-refractivity contribution in [1.82, 2.24) is 5.32 Å². The molecule has 5 heteroatoms. The second-order valence-electron chi connectivity index (χ2n) is 6.17. The van der Waals surface area contributed by atoms with E-state index in [0.717, 1.165) is 30.0 Å². The van der Waals surface area contributed by atoms with Gasteiger partial charge in [-0.05, 0) is 49.8 Å². The molecular formula is C16H21ClN2OS. The van der Waals surface area contributed by atoms with Gasteiger partial charge in [-0.2, -0.15) is 11.8 Å². The van der Waals surface area contributed by atoms with Gasteiger partial charge in [-0.25, -0.2) is 0 Å². The number of nitrogens with two attached hydrogens (primary N) is 1. The lowest BCUT2D eigenvalue weighted by Gasteiger charge is -2.27. The number of hydrogen-bond acceptors (Lipinski definition) is 3. The molecule has 0 bridgehead atoms. The third-order valence-electron chi connectivity index (χ3n) is 4.40. The van der Waals surface area contributed by atoms with Gasteiger partial charge >= 0.3 is 0 Å². The quantitative estimate of drug-likeness (QED) is 0.845. The van der Waals surface area contributed by atoms with E-state index in [1.54, 1.807) is 0 Å². The maximum atomic E-state index is 11.9. The van der Waals surface area contributed by atoms with Gasteiger partial charge in [0.25, 0.3) is 0 Å². The number of halogens is 1. The smallest absolute Gasteiger partial charge is 0.237 e. The Kier molecular flexibility index (Phi) is 4.48. The van der Waals surface area contributed by atoms with Crippen molar-refractivity contribution in [2.75, 3.05) is 0 Å². The summed E-state index contributed by atoms with van der Waals surface area (Å²) >= 11 is 7.82. The van der Waals surface area contributed by atoms with Crippen molar-refractivity contribution in [1.29, 1.82) is 0 Å². The second kappa shape index (κ2) is 6.19. The zero-order valence-corrected chi connectivity index (χ0v) is 13.6. The average Bonchev–Trinajstić information content (AvgIpc) is 3.16. The van der Waals surface area contributed by atoms with Gasteiger partial charge in [-0.3, -0.25) is 4.79 Å². The van der Waals surface area contributed by atoms with E-state index in [1.165, 1.54) is 18.4 Å². The minimum atomic E-state index is -0.459. The molecule has 114 valence electrons. The van der Waals surface area contributed by atoms with E-state index in [0.29, 0.717) is 11.3 Å². The Bertz CT molecular complexity index is 518. The Labute approximate surface area is 135 Å². The molecule has 1 aromatic carbocycles. The summed E-state index contributed by atoms with van der Waals surface area (Å²) in [5.74, 6) is 0.782. The lowest BCUT2D eigenvalue weighted by molar-refractivity contribution is -0.124. The standard InChI is InChI=1S/C16H21ClN2OS/c17-12-3-1-11(2-4-12)10-21-14-7-8-16(9-14,15(18)20)19-13-5-6-13/h1-4,13-14,19H,5-10H2,(H2,18,20). The summed E-state index contributed by atoms with van der Waals surface area (Å²) in [5, 5.41) is 4.76. The van der Waals surface area contributed by atoms with Crippen LogP contribution >= 0.6 is 23.4 Å². The monoisotopic (exact) mass is 324 g/mol. The summed E-state index contributed by atoms with van der Waals surface area (Å²) < 4.78 is 0. The van der Waals surface area contributed by atoms with Crippen LogP contribution in [0, 0.1) is 0 Å². The number of benzene rings is 1. The summed E-state index contributed by atoms with van der Waals surface area (Å²) in [6, 6.07) is 8.49. The summed E-state index contributed by atoms with van der Waals surface area (Å²) in [6.07, 6.45) is 5.14. The van der Waals surface area contributed by atoms with E-state index in [2.05, 4.69) is 17.4 Å². The van der Waals surface area contributed by atoms with E-state index in [1.807, 2.05) is 23.9 Å². The van der Waals surface area contributed by atoms with Crippen LogP contribution in [-0.2, 0) is 10.5 Å². The molecule has 0 aliphatic heterocycles. The number of hydrogen-bond donors (Lipinski definition) is 2. The summed E-state index contributed by atoms with van der Waals surface area (Å²) in [4.78, 5) is 11.9. The van der Waals surface area contributed by atoms with E-state index < -0.39 is 5.54 Å². The fourth-order valence-corrected chi connectivity index (χ4v) is 4.42. The van der Waals surface area contributed by atoms with E-state index in [9.17, 15) is 4.79 Å². The molecule has 1 aromatic rings. The van der Waals surface area contributed by atoms with E-state index in [-0.39, 0.29) is 5.91 Å². The Hall–Kier alpha value is -0.710. The number of carbonyl (C=O) groups excluding carboxylic acids is 1. The topological polar surface area (TPSA) is 55.1 Å². The molecule has 2 aliphatic carbocycles. The number of thioether (sulfide) groups is 1. The van der Waals surface area contributed by atoms with Crippen LogP contribution < -0.4 is 11.1 Å². The molecule has 0 saturated heterocycles. The van der Waals surface area contributed by atoms with Gasteiger partial charge in [0.1, 0.15) is 0 Å². The van der Waals surface area contributed by atoms with E-state index >= 15 is 0 Å². The van der Waals surface area contributed by atoms with Gasteiger partial charge in [0.2, 0.25) is 5.91 Å². The van der Waals surface area contributed by atoms with Gasteiger partial charge in [-0.15, -0.1) is 0 Å². The lowest BCUT2D eigenvalue weighted by atomic mass is 9.96. The molecule has 1 amide bonds. The number of carbonyl (C=O) groups is 1.